The molecule has 1 aliphatic rings. The highest BCUT2D eigenvalue weighted by molar-refractivity contribution is 6.31. The van der Waals surface area contributed by atoms with Crippen molar-refractivity contribution in [2.45, 2.75) is 13.5 Å². The molecule has 0 atom stereocenters. The number of aryl methyl sites for hydroxylation is 2. The summed E-state index contributed by atoms with van der Waals surface area (Å²) in [5.41, 5.74) is 3.89. The van der Waals surface area contributed by atoms with Gasteiger partial charge in [-0.25, -0.2) is 0 Å². The van der Waals surface area contributed by atoms with Crippen molar-refractivity contribution in [1.82, 2.24) is 14.7 Å². The molecule has 0 aliphatic carbocycles. The summed E-state index contributed by atoms with van der Waals surface area (Å²) >= 11 is 6.24. The third-order valence-corrected chi connectivity index (χ3v) is 5.54. The van der Waals surface area contributed by atoms with Crippen LogP contribution in [0.15, 0.2) is 36.4 Å². The number of hydrogen-bond acceptors (Lipinski definition) is 5. The van der Waals surface area contributed by atoms with Crippen molar-refractivity contribution in [3.63, 3.8) is 0 Å². The minimum atomic E-state index is -0.0933. The van der Waals surface area contributed by atoms with Gasteiger partial charge in [-0.1, -0.05) is 11.6 Å². The summed E-state index contributed by atoms with van der Waals surface area (Å²) in [7, 11) is 4.99. The van der Waals surface area contributed by atoms with Crippen LogP contribution >= 0.6 is 11.6 Å². The molecule has 2 aromatic carbocycles. The fraction of sp³-hybridized carbons (Fsp3) is 0.304. The summed E-state index contributed by atoms with van der Waals surface area (Å²) in [6.45, 7) is 3.07. The molecule has 0 unspecified atom stereocenters. The van der Waals surface area contributed by atoms with Gasteiger partial charge in [0.15, 0.2) is 11.5 Å². The number of aromatic nitrogens is 2. The van der Waals surface area contributed by atoms with Crippen LogP contribution in [0.4, 0.5) is 0 Å². The van der Waals surface area contributed by atoms with E-state index in [2.05, 4.69) is 5.10 Å². The molecule has 1 aliphatic heterocycles. The van der Waals surface area contributed by atoms with Crippen molar-refractivity contribution in [3.8, 4) is 28.4 Å². The van der Waals surface area contributed by atoms with E-state index in [4.69, 9.17) is 25.8 Å². The highest BCUT2D eigenvalue weighted by atomic mass is 35.5. The average molecular weight is 442 g/mol. The summed E-state index contributed by atoms with van der Waals surface area (Å²) in [6, 6.07) is 11.1. The zero-order valence-corrected chi connectivity index (χ0v) is 18.7. The average Bonchev–Trinajstić information content (AvgIpc) is 2.96. The number of nitrogens with zero attached hydrogens (tertiary/aromatic N) is 3. The first-order valence-electron chi connectivity index (χ1n) is 9.88. The van der Waals surface area contributed by atoms with Crippen LogP contribution in [0.5, 0.6) is 17.2 Å². The molecule has 8 heteroatoms. The predicted molar refractivity (Wildman–Crippen MR) is 118 cm³/mol. The van der Waals surface area contributed by atoms with Crippen LogP contribution in [0, 0.1) is 6.92 Å². The topological polar surface area (TPSA) is 65.8 Å². The van der Waals surface area contributed by atoms with Crippen molar-refractivity contribution in [2.75, 3.05) is 27.4 Å². The second kappa shape index (κ2) is 8.51. The number of hydrogen-bond donors (Lipinski definition) is 0. The number of carbonyl (C=O) groups excluding carboxylic acids is 1. The van der Waals surface area contributed by atoms with Gasteiger partial charge < -0.3 is 19.1 Å². The van der Waals surface area contributed by atoms with Gasteiger partial charge in [-0.3, -0.25) is 9.48 Å². The van der Waals surface area contributed by atoms with E-state index in [1.54, 1.807) is 43.0 Å². The molecule has 0 saturated carbocycles. The van der Waals surface area contributed by atoms with Gasteiger partial charge in [-0.15, -0.1) is 0 Å². The molecule has 4 rings (SSSR count). The number of rotatable bonds is 4. The Balaban J connectivity index is 1.77. The van der Waals surface area contributed by atoms with Crippen LogP contribution in [0.1, 0.15) is 21.7 Å². The molecule has 0 saturated heterocycles. The number of halogens is 1. The third-order valence-electron chi connectivity index (χ3n) is 5.30. The number of ether oxygens (including phenoxy) is 3. The zero-order chi connectivity index (χ0) is 22.1. The van der Waals surface area contributed by atoms with E-state index in [1.807, 2.05) is 31.2 Å². The normalized spacial score (nSPS) is 13.3. The molecule has 2 heterocycles. The molecular weight excluding hydrogens is 418 g/mol. The molecule has 0 N–H and O–H groups in total. The van der Waals surface area contributed by atoms with Gasteiger partial charge in [0.25, 0.3) is 5.91 Å². The molecule has 0 bridgehead atoms. The summed E-state index contributed by atoms with van der Waals surface area (Å²) in [5, 5.41) is 4.90. The molecule has 162 valence electrons. The van der Waals surface area contributed by atoms with Crippen molar-refractivity contribution < 1.29 is 19.0 Å². The summed E-state index contributed by atoms with van der Waals surface area (Å²) < 4.78 is 18.7. The number of amides is 1. The van der Waals surface area contributed by atoms with E-state index in [0.717, 1.165) is 22.4 Å². The molecule has 0 fully saturated rings. The SMILES string of the molecule is COc1ccc(Cl)cc1-c1cc2c(c(OC)c1)OCCN(C(=O)c1cc(C)nn1C)C2. The van der Waals surface area contributed by atoms with Gasteiger partial charge in [0.1, 0.15) is 18.1 Å². The van der Waals surface area contributed by atoms with Gasteiger partial charge in [0, 0.05) is 29.7 Å². The Morgan fingerprint density at radius 3 is 2.58 bits per heavy atom. The summed E-state index contributed by atoms with van der Waals surface area (Å²) in [6.07, 6.45) is 0. The second-order valence-corrected chi connectivity index (χ2v) is 7.82. The number of methoxy groups -OCH3 is 2. The quantitative estimate of drug-likeness (QED) is 0.609. The van der Waals surface area contributed by atoms with Crippen molar-refractivity contribution in [1.29, 1.82) is 0 Å². The molecule has 1 aromatic heterocycles. The molecular formula is C23H24ClN3O4. The van der Waals surface area contributed by atoms with Gasteiger partial charge in [0.05, 0.1) is 26.5 Å². The Morgan fingerprint density at radius 2 is 1.90 bits per heavy atom. The smallest absolute Gasteiger partial charge is 0.272 e. The molecule has 0 spiro atoms. The van der Waals surface area contributed by atoms with E-state index in [-0.39, 0.29) is 5.91 Å². The first-order valence-corrected chi connectivity index (χ1v) is 10.3. The van der Waals surface area contributed by atoms with Crippen molar-refractivity contribution in [2.24, 2.45) is 7.05 Å². The number of carbonyl (C=O) groups is 1. The molecule has 31 heavy (non-hydrogen) atoms. The lowest BCUT2D eigenvalue weighted by Gasteiger charge is -2.20. The van der Waals surface area contributed by atoms with Crippen molar-refractivity contribution in [3.05, 3.63) is 58.4 Å². The van der Waals surface area contributed by atoms with Crippen molar-refractivity contribution >= 4 is 17.5 Å². The molecule has 7 nitrogen and oxygen atoms in total. The van der Waals surface area contributed by atoms with Crippen LogP contribution in [-0.2, 0) is 13.6 Å². The van der Waals surface area contributed by atoms with Crippen LogP contribution in [-0.4, -0.2) is 48.0 Å². The third kappa shape index (κ3) is 4.05. The minimum absolute atomic E-state index is 0.0933. The van der Waals surface area contributed by atoms with Gasteiger partial charge in [-0.05, 0) is 48.9 Å². The fourth-order valence-electron chi connectivity index (χ4n) is 3.84. The van der Waals surface area contributed by atoms with Crippen LogP contribution in [0.3, 0.4) is 0 Å². The van der Waals surface area contributed by atoms with Gasteiger partial charge in [0.2, 0.25) is 0 Å². The van der Waals surface area contributed by atoms with Crippen LogP contribution in [0.25, 0.3) is 11.1 Å². The first kappa shape index (κ1) is 21.1. The zero-order valence-electron chi connectivity index (χ0n) is 17.9. The van der Waals surface area contributed by atoms with E-state index >= 15 is 0 Å². The highest BCUT2D eigenvalue weighted by Crippen LogP contribution is 2.41. The molecule has 1 amide bonds. The van der Waals surface area contributed by atoms with Gasteiger partial charge in [-0.2, -0.15) is 5.10 Å². The standard InChI is InChI=1S/C23H24ClN3O4/c1-14-9-19(26(2)25-14)23(28)27-7-8-31-22-16(13-27)10-15(11-21(22)30-4)18-12-17(24)5-6-20(18)29-3/h5-6,9-12H,7-8,13H2,1-4H3. The lowest BCUT2D eigenvalue weighted by molar-refractivity contribution is 0.0722. The largest absolute Gasteiger partial charge is 0.496 e. The van der Waals surface area contributed by atoms with E-state index in [9.17, 15) is 4.79 Å². The number of fused-ring (bicyclic) bond motifs is 1. The molecule has 0 radical (unpaired) electrons. The highest BCUT2D eigenvalue weighted by Gasteiger charge is 2.26. The summed E-state index contributed by atoms with van der Waals surface area (Å²) in [5.74, 6) is 1.84. The Morgan fingerprint density at radius 1 is 1.13 bits per heavy atom. The predicted octanol–water partition coefficient (Wildman–Crippen LogP) is 4.10. The second-order valence-electron chi connectivity index (χ2n) is 7.38. The van der Waals surface area contributed by atoms with E-state index < -0.39 is 0 Å². The Bertz CT molecular complexity index is 1140. The minimum Gasteiger partial charge on any atom is -0.496 e. The van der Waals surface area contributed by atoms with E-state index in [1.165, 1.54) is 0 Å². The number of benzene rings is 2. The van der Waals surface area contributed by atoms with Crippen LogP contribution < -0.4 is 14.2 Å². The van der Waals surface area contributed by atoms with Gasteiger partial charge >= 0.3 is 0 Å². The maximum Gasteiger partial charge on any atom is 0.272 e. The lowest BCUT2D eigenvalue weighted by atomic mass is 10.00. The van der Waals surface area contributed by atoms with E-state index in [0.29, 0.717) is 47.7 Å². The monoisotopic (exact) mass is 441 g/mol. The summed E-state index contributed by atoms with van der Waals surface area (Å²) in [4.78, 5) is 15.0. The van der Waals surface area contributed by atoms with Crippen LogP contribution in [0.2, 0.25) is 5.02 Å². The Labute approximate surface area is 186 Å². The Hall–Kier alpha value is -3.19. The maximum absolute atomic E-state index is 13.2. The maximum atomic E-state index is 13.2. The lowest BCUT2D eigenvalue weighted by Crippen LogP contribution is -2.33. The Kier molecular flexibility index (Phi) is 5.78. The first-order chi connectivity index (χ1) is 14.9. The molecule has 3 aromatic rings. The fourth-order valence-corrected chi connectivity index (χ4v) is 4.01.